The number of fused-ring (bicyclic) bond motifs is 2. The first-order valence-corrected chi connectivity index (χ1v) is 14.7. The molecule has 0 radical (unpaired) electrons. The lowest BCUT2D eigenvalue weighted by Gasteiger charge is -2.11. The lowest BCUT2D eigenvalue weighted by atomic mass is 10.2. The Labute approximate surface area is 287 Å². The molecule has 0 aliphatic carbocycles. The van der Waals surface area contributed by atoms with E-state index in [9.17, 15) is 47.4 Å². The average Bonchev–Trinajstić information content (AvgIpc) is 3.09. The molecule has 1 N–H and O–H groups in total. The number of hydrogen-bond donors (Lipinski definition) is 1. The Balaban J connectivity index is 0.000000192. The smallest absolute Gasteiger partial charge is 0.271 e. The summed E-state index contributed by atoms with van der Waals surface area (Å²) in [4.78, 5) is 52.9. The van der Waals surface area contributed by atoms with Crippen molar-refractivity contribution in [2.75, 3.05) is 0 Å². The number of non-ortho nitro benzene ring substituents is 2. The maximum absolute atomic E-state index is 13.6. The number of aromatic hydroxyl groups is 1. The van der Waals surface area contributed by atoms with Gasteiger partial charge in [-0.2, -0.15) is 0 Å². The molecular weight excluding hydrogens is 708 g/mol. The van der Waals surface area contributed by atoms with Gasteiger partial charge < -0.3 is 9.84 Å². The van der Waals surface area contributed by atoms with Gasteiger partial charge in [-0.05, 0) is 36.4 Å². The predicted molar refractivity (Wildman–Crippen MR) is 176 cm³/mol. The van der Waals surface area contributed by atoms with E-state index in [2.05, 4.69) is 9.97 Å². The second-order valence-corrected chi connectivity index (χ2v) is 10.6. The van der Waals surface area contributed by atoms with Crippen LogP contribution >= 0.6 is 11.6 Å². The molecule has 0 unspecified atom stereocenters. The molecule has 6 rings (SSSR count). The number of hydrogen-bond acceptors (Lipinski definition) is 10. The van der Waals surface area contributed by atoms with Crippen molar-refractivity contribution in [3.05, 3.63) is 149 Å². The van der Waals surface area contributed by atoms with Gasteiger partial charge in [0, 0.05) is 50.5 Å². The summed E-state index contributed by atoms with van der Waals surface area (Å²) in [6, 6.07) is 13.1. The fourth-order valence-electron chi connectivity index (χ4n) is 4.30. The Bertz CT molecular complexity index is 2430. The van der Waals surface area contributed by atoms with E-state index in [-0.39, 0.29) is 57.4 Å². The maximum Gasteiger partial charge on any atom is 0.271 e. The van der Waals surface area contributed by atoms with Gasteiger partial charge in [0.05, 0.1) is 37.5 Å². The number of halogens is 5. The van der Waals surface area contributed by atoms with Crippen molar-refractivity contribution in [2.24, 2.45) is 14.1 Å². The van der Waals surface area contributed by atoms with Crippen molar-refractivity contribution >= 4 is 44.8 Å². The third-order valence-corrected chi connectivity index (χ3v) is 7.25. The molecule has 19 heteroatoms. The van der Waals surface area contributed by atoms with Gasteiger partial charge in [0.1, 0.15) is 29.9 Å². The lowest BCUT2D eigenvalue weighted by Crippen LogP contribution is -2.23. The molecule has 0 amide bonds. The summed E-state index contributed by atoms with van der Waals surface area (Å²) in [5.41, 5.74) is -0.560. The quantitative estimate of drug-likeness (QED) is 0.0929. The van der Waals surface area contributed by atoms with E-state index in [1.165, 1.54) is 52.6 Å². The summed E-state index contributed by atoms with van der Waals surface area (Å²) in [7, 11) is 3.02. The molecule has 0 aliphatic rings. The third kappa shape index (κ3) is 8.79. The number of phenols is 1. The number of aromatic nitrogens is 4. The van der Waals surface area contributed by atoms with Crippen LogP contribution in [0, 0.1) is 43.5 Å². The third-order valence-electron chi connectivity index (χ3n) is 7.01. The van der Waals surface area contributed by atoms with Crippen LogP contribution in [-0.4, -0.2) is 34.1 Å². The van der Waals surface area contributed by atoms with Crippen LogP contribution < -0.4 is 15.9 Å². The first-order chi connectivity index (χ1) is 24.1. The molecule has 14 nitrogen and oxygen atoms in total. The molecule has 2 heterocycles. The molecule has 0 bridgehead atoms. The van der Waals surface area contributed by atoms with Crippen LogP contribution in [0.15, 0.2) is 82.4 Å². The Morgan fingerprint density at radius 3 is 1.65 bits per heavy atom. The summed E-state index contributed by atoms with van der Waals surface area (Å²) in [6.07, 6.45) is 0. The van der Waals surface area contributed by atoms with Gasteiger partial charge in [-0.3, -0.25) is 39.0 Å². The lowest BCUT2D eigenvalue weighted by molar-refractivity contribution is -0.384. The van der Waals surface area contributed by atoms with Crippen LogP contribution in [0.25, 0.3) is 21.8 Å². The number of rotatable bonds is 6. The minimum Gasteiger partial charge on any atom is -0.505 e. The monoisotopic (exact) mass is 730 g/mol. The zero-order chi connectivity index (χ0) is 37.6. The minimum atomic E-state index is -0.935. The van der Waals surface area contributed by atoms with E-state index < -0.39 is 44.4 Å². The Morgan fingerprint density at radius 1 is 0.725 bits per heavy atom. The van der Waals surface area contributed by atoms with E-state index in [1.54, 1.807) is 7.05 Å². The van der Waals surface area contributed by atoms with Gasteiger partial charge in [0.25, 0.3) is 22.5 Å². The second kappa shape index (κ2) is 15.9. The van der Waals surface area contributed by atoms with Crippen LogP contribution in [0.2, 0.25) is 0 Å². The van der Waals surface area contributed by atoms with Crippen LogP contribution in [0.3, 0.4) is 0 Å². The molecule has 51 heavy (non-hydrogen) atoms. The number of nitro groups is 2. The van der Waals surface area contributed by atoms with Gasteiger partial charge in [0.15, 0.2) is 23.1 Å². The average molecular weight is 731 g/mol. The van der Waals surface area contributed by atoms with E-state index >= 15 is 0 Å². The summed E-state index contributed by atoms with van der Waals surface area (Å²) in [6.45, 7) is -0.271. The van der Waals surface area contributed by atoms with Crippen LogP contribution in [0.1, 0.15) is 11.6 Å². The summed E-state index contributed by atoms with van der Waals surface area (Å²) < 4.78 is 58.4. The van der Waals surface area contributed by atoms with Crippen molar-refractivity contribution in [1.29, 1.82) is 0 Å². The molecule has 0 atom stereocenters. The zero-order valence-corrected chi connectivity index (χ0v) is 27.0. The van der Waals surface area contributed by atoms with Gasteiger partial charge in [-0.15, -0.1) is 11.6 Å². The molecular formula is C32H23ClF4N6O8. The highest BCUT2D eigenvalue weighted by atomic mass is 35.5. The zero-order valence-electron chi connectivity index (χ0n) is 26.2. The fraction of sp³-hybridized carbons (Fsp3) is 0.125. The highest BCUT2D eigenvalue weighted by molar-refractivity contribution is 6.16. The molecule has 264 valence electrons. The molecule has 4 aromatic carbocycles. The standard InChI is InChI=1S/C16H11F2N3O4.C10H8ClN3O3.C6H4F2O/c1-20-15(8-25-14-5-2-9(17)6-12(14)18)19-13-7-10(21(23)24)3-4-11(13)16(20)22;1-13-9(5-11)12-8-4-6(14(16)17)2-3-7(8)10(13)15;7-4-1-2-6(9)5(8)3-4/h2-7H,8H2,1H3;2-4H,5H2,1H3;1-3,9H. The molecule has 6 aromatic rings. The van der Waals surface area contributed by atoms with Gasteiger partial charge >= 0.3 is 0 Å². The first-order valence-electron chi connectivity index (χ1n) is 14.2. The van der Waals surface area contributed by atoms with Crippen molar-refractivity contribution in [1.82, 2.24) is 19.1 Å². The minimum absolute atomic E-state index is 0.0738. The van der Waals surface area contributed by atoms with Crippen molar-refractivity contribution in [3.8, 4) is 11.5 Å². The van der Waals surface area contributed by atoms with Crippen molar-refractivity contribution in [2.45, 2.75) is 12.5 Å². The van der Waals surface area contributed by atoms with Crippen molar-refractivity contribution < 1.29 is 37.3 Å². The molecule has 0 spiro atoms. The SMILES string of the molecule is Cn1c(CCl)nc2cc([N+](=O)[O-])ccc2c1=O.Cn1c(COc2ccc(F)cc2F)nc2cc([N+](=O)[O-])ccc2c1=O.Oc1ccc(F)cc1F. The van der Waals surface area contributed by atoms with Crippen LogP contribution in [0.4, 0.5) is 28.9 Å². The highest BCUT2D eigenvalue weighted by Crippen LogP contribution is 2.21. The van der Waals surface area contributed by atoms with Crippen LogP contribution in [-0.2, 0) is 26.6 Å². The summed E-state index contributed by atoms with van der Waals surface area (Å²) in [5, 5.41) is 30.5. The van der Waals surface area contributed by atoms with Gasteiger partial charge in [-0.1, -0.05) is 0 Å². The van der Waals surface area contributed by atoms with Gasteiger partial charge in [-0.25, -0.2) is 27.5 Å². The number of alkyl halides is 1. The number of nitro benzene ring substituents is 2. The summed E-state index contributed by atoms with van der Waals surface area (Å²) in [5.74, 6) is -3.39. The van der Waals surface area contributed by atoms with E-state index in [0.717, 1.165) is 24.3 Å². The Hall–Kier alpha value is -6.43. The summed E-state index contributed by atoms with van der Waals surface area (Å²) >= 11 is 5.65. The highest BCUT2D eigenvalue weighted by Gasteiger charge is 2.15. The maximum atomic E-state index is 13.6. The fourth-order valence-corrected chi connectivity index (χ4v) is 4.54. The first kappa shape index (κ1) is 37.4. The van der Waals surface area contributed by atoms with Gasteiger partial charge in [0.2, 0.25) is 0 Å². The predicted octanol–water partition coefficient (Wildman–Crippen LogP) is 5.95. The molecule has 0 fully saturated rings. The molecule has 2 aromatic heterocycles. The second-order valence-electron chi connectivity index (χ2n) is 10.3. The van der Waals surface area contributed by atoms with E-state index in [4.69, 9.17) is 21.4 Å². The topological polar surface area (TPSA) is 186 Å². The molecule has 0 saturated carbocycles. The Kier molecular flexibility index (Phi) is 11.6. The van der Waals surface area contributed by atoms with E-state index in [0.29, 0.717) is 23.3 Å². The molecule has 0 aliphatic heterocycles. The number of nitrogens with zero attached hydrogens (tertiary/aromatic N) is 6. The normalized spacial score (nSPS) is 10.6. The number of benzene rings is 4. The van der Waals surface area contributed by atoms with Crippen molar-refractivity contribution in [3.63, 3.8) is 0 Å². The van der Waals surface area contributed by atoms with Crippen LogP contribution in [0.5, 0.6) is 11.5 Å². The number of ether oxygens (including phenoxy) is 1. The number of phenolic OH excluding ortho intramolecular Hbond substituents is 1. The molecule has 0 saturated heterocycles. The van der Waals surface area contributed by atoms with E-state index in [1.807, 2.05) is 0 Å². The largest absolute Gasteiger partial charge is 0.505 e. The Morgan fingerprint density at radius 2 is 1.20 bits per heavy atom.